The van der Waals surface area contributed by atoms with E-state index in [1.807, 2.05) is 0 Å². The molecule has 16 heteroatoms. The quantitative estimate of drug-likeness (QED) is 0.241. The third-order valence-electron chi connectivity index (χ3n) is 3.32. The number of rotatable bonds is 9. The lowest BCUT2D eigenvalue weighted by atomic mass is 9.87. The minimum atomic E-state index is -6.55. The fourth-order valence-corrected chi connectivity index (χ4v) is 1.74. The number of hydrogen-bond acceptors (Lipinski definition) is 4. The van der Waals surface area contributed by atoms with E-state index in [1.54, 1.807) is 6.92 Å². The van der Waals surface area contributed by atoms with E-state index in [-0.39, 0.29) is 12.8 Å². The zero-order valence-corrected chi connectivity index (χ0v) is 14.5. The number of aldehydes is 1. The average Bonchev–Trinajstić information content (AvgIpc) is 2.53. The molecule has 6 nitrogen and oxygen atoms in total. The van der Waals surface area contributed by atoms with Crippen LogP contribution in [0.3, 0.4) is 0 Å². The first-order valence-corrected chi connectivity index (χ1v) is 7.50. The molecule has 0 saturated carbocycles. The average molecular weight is 454 g/mol. The summed E-state index contributed by atoms with van der Waals surface area (Å²) in [6.07, 6.45) is -23.8. The number of carboxylic acids is 1. The molecule has 0 aromatic heterocycles. The van der Waals surface area contributed by atoms with Crippen LogP contribution in [0.25, 0.3) is 0 Å². The molecule has 0 spiro atoms. The van der Waals surface area contributed by atoms with Crippen LogP contribution in [0.15, 0.2) is 5.29 Å². The Labute approximate surface area is 156 Å². The predicted molar refractivity (Wildman–Crippen MR) is 76.1 cm³/mol. The highest BCUT2D eigenvalue weighted by Gasteiger charge is 2.73. The van der Waals surface area contributed by atoms with Crippen molar-refractivity contribution < 1.29 is 58.6 Å². The van der Waals surface area contributed by atoms with Crippen LogP contribution in [0, 0.1) is 10.8 Å². The number of carbonyl (C=O) groups excluding carboxylic acids is 1. The minimum absolute atomic E-state index is 0.111. The van der Waals surface area contributed by atoms with E-state index in [9.17, 15) is 58.4 Å². The van der Waals surface area contributed by atoms with Crippen LogP contribution < -0.4 is 0 Å². The van der Waals surface area contributed by atoms with E-state index in [0.29, 0.717) is 6.54 Å². The van der Waals surface area contributed by atoms with E-state index >= 15 is 0 Å². The lowest BCUT2D eigenvalue weighted by Gasteiger charge is -2.33. The number of halogens is 10. The van der Waals surface area contributed by atoms with Gasteiger partial charge in [-0.2, -0.15) is 39.5 Å². The summed E-state index contributed by atoms with van der Waals surface area (Å²) >= 11 is 0. The molecule has 0 rings (SSSR count). The second-order valence-electron chi connectivity index (χ2n) is 5.44. The summed E-state index contributed by atoms with van der Waals surface area (Å²) in [5, 5.41) is 11.5. The van der Waals surface area contributed by atoms with Gasteiger partial charge < -0.3 is 9.90 Å². The summed E-state index contributed by atoms with van der Waals surface area (Å²) in [7, 11) is 0. The molecule has 0 aromatic rings. The Kier molecular flexibility index (Phi) is 11.2. The fraction of sp³-hybridized carbons (Fsp3) is 0.846. The monoisotopic (exact) mass is 454 g/mol. The molecule has 0 heterocycles. The van der Waals surface area contributed by atoms with E-state index in [0.717, 1.165) is 5.01 Å². The summed E-state index contributed by atoms with van der Waals surface area (Å²) in [6, 6.07) is 0. The number of likely N-dealkylation sites (N-methyl/N-ethyl adjacent to an activating group) is 1. The largest absolute Gasteiger partial charge is 0.480 e. The van der Waals surface area contributed by atoms with E-state index in [2.05, 4.69) is 5.29 Å². The molecule has 172 valence electrons. The first-order chi connectivity index (χ1) is 12.9. The fourth-order valence-electron chi connectivity index (χ4n) is 1.74. The summed E-state index contributed by atoms with van der Waals surface area (Å²) < 4.78 is 123. The Morgan fingerprint density at radius 2 is 1.48 bits per heavy atom. The van der Waals surface area contributed by atoms with E-state index in [4.69, 9.17) is 5.11 Å². The summed E-state index contributed by atoms with van der Waals surface area (Å²) in [5.74, 6) is -4.28. The Balaban J connectivity index is 0. The first-order valence-electron chi connectivity index (χ1n) is 7.50. The Morgan fingerprint density at radius 1 is 1.03 bits per heavy atom. The van der Waals surface area contributed by atoms with Crippen molar-refractivity contribution in [2.24, 2.45) is 11.2 Å². The first kappa shape index (κ1) is 29.0. The van der Waals surface area contributed by atoms with Gasteiger partial charge in [-0.25, -0.2) is 9.40 Å². The highest BCUT2D eigenvalue weighted by Crippen LogP contribution is 2.52. The van der Waals surface area contributed by atoms with Crippen molar-refractivity contribution in [2.45, 2.75) is 50.4 Å². The Hall–Kier alpha value is -2.16. The van der Waals surface area contributed by atoms with Gasteiger partial charge in [-0.05, 0) is 13.3 Å². The second kappa shape index (κ2) is 11.1. The standard InChI is InChI=1S/C9H8F10O.C4H8N2O3/c10-6(8(14,15)16,9(17,18)19)4-5(2-1-3-20)7(11,12)13;1-2-6(5-9)3-4(7)8/h3,5H,1-2,4H2;2-3H2,1H3,(H,7,8). The maximum Gasteiger partial charge on any atom is 0.431 e. The smallest absolute Gasteiger partial charge is 0.431 e. The maximum atomic E-state index is 13.2. The van der Waals surface area contributed by atoms with Crippen LogP contribution >= 0.6 is 0 Å². The van der Waals surface area contributed by atoms with Gasteiger partial charge in [-0.3, -0.25) is 4.79 Å². The van der Waals surface area contributed by atoms with Gasteiger partial charge in [-0.15, -0.1) is 4.91 Å². The van der Waals surface area contributed by atoms with Crippen LogP contribution in [-0.4, -0.2) is 59.7 Å². The number of alkyl halides is 10. The highest BCUT2D eigenvalue weighted by molar-refractivity contribution is 5.68. The van der Waals surface area contributed by atoms with Gasteiger partial charge in [0.15, 0.2) is 0 Å². The molecule has 0 fully saturated rings. The number of nitrogens with zero attached hydrogens (tertiary/aromatic N) is 2. The molecular formula is C13H16F10N2O4. The van der Waals surface area contributed by atoms with Gasteiger partial charge >= 0.3 is 24.5 Å². The van der Waals surface area contributed by atoms with Crippen molar-refractivity contribution in [1.82, 2.24) is 5.01 Å². The van der Waals surface area contributed by atoms with E-state index in [1.165, 1.54) is 0 Å². The highest BCUT2D eigenvalue weighted by atomic mass is 19.4. The molecule has 0 saturated heterocycles. The molecule has 0 amide bonds. The van der Waals surface area contributed by atoms with Crippen LogP contribution in [0.1, 0.15) is 26.2 Å². The van der Waals surface area contributed by atoms with Crippen LogP contribution in [-0.2, 0) is 9.59 Å². The lowest BCUT2D eigenvalue weighted by molar-refractivity contribution is -0.352. The van der Waals surface area contributed by atoms with Crippen molar-refractivity contribution in [3.63, 3.8) is 0 Å². The molecule has 0 aliphatic heterocycles. The minimum Gasteiger partial charge on any atom is -0.480 e. The van der Waals surface area contributed by atoms with Gasteiger partial charge in [0.2, 0.25) is 0 Å². The molecule has 1 unspecified atom stereocenters. The normalized spacial score (nSPS) is 13.8. The molecule has 29 heavy (non-hydrogen) atoms. The van der Waals surface area contributed by atoms with Crippen LogP contribution in [0.4, 0.5) is 43.9 Å². The summed E-state index contributed by atoms with van der Waals surface area (Å²) in [6.45, 7) is 1.67. The Morgan fingerprint density at radius 3 is 1.69 bits per heavy atom. The Bertz CT molecular complexity index is 519. The summed E-state index contributed by atoms with van der Waals surface area (Å²) in [5.41, 5.74) is -5.98. The van der Waals surface area contributed by atoms with Crippen LogP contribution in [0.2, 0.25) is 0 Å². The third kappa shape index (κ3) is 9.74. The molecule has 0 bridgehead atoms. The predicted octanol–water partition coefficient (Wildman–Crippen LogP) is 4.44. The molecule has 0 aliphatic carbocycles. The second-order valence-corrected chi connectivity index (χ2v) is 5.44. The van der Waals surface area contributed by atoms with Crippen LogP contribution in [0.5, 0.6) is 0 Å². The number of nitroso groups, excluding NO2 is 1. The number of hydrogen-bond donors (Lipinski definition) is 1. The van der Waals surface area contributed by atoms with Gasteiger partial charge in [0.25, 0.3) is 5.67 Å². The topological polar surface area (TPSA) is 87.0 Å². The molecule has 0 aliphatic rings. The van der Waals surface area contributed by atoms with Crippen molar-refractivity contribution in [3.8, 4) is 0 Å². The zero-order valence-electron chi connectivity index (χ0n) is 14.5. The van der Waals surface area contributed by atoms with Gasteiger partial charge in [0, 0.05) is 19.4 Å². The van der Waals surface area contributed by atoms with Crippen molar-refractivity contribution >= 4 is 12.3 Å². The van der Waals surface area contributed by atoms with Crippen molar-refractivity contribution in [2.75, 3.05) is 13.1 Å². The molecule has 1 N–H and O–H groups in total. The van der Waals surface area contributed by atoms with Gasteiger partial charge in [0.05, 0.1) is 11.2 Å². The summed E-state index contributed by atoms with van der Waals surface area (Å²) in [4.78, 5) is 29.5. The van der Waals surface area contributed by atoms with Gasteiger partial charge in [-0.1, -0.05) is 0 Å². The zero-order chi connectivity index (χ0) is 23.7. The van der Waals surface area contributed by atoms with Crippen molar-refractivity contribution in [1.29, 1.82) is 0 Å². The molecule has 0 aromatic carbocycles. The maximum absolute atomic E-state index is 13.2. The third-order valence-corrected chi connectivity index (χ3v) is 3.32. The molecule has 1 atom stereocenters. The number of carbonyl (C=O) groups is 2. The lowest BCUT2D eigenvalue weighted by Crippen LogP contribution is -2.55. The van der Waals surface area contributed by atoms with Gasteiger partial charge in [0.1, 0.15) is 12.8 Å². The van der Waals surface area contributed by atoms with Crippen molar-refractivity contribution in [3.05, 3.63) is 4.91 Å². The number of carboxylic acid groups (broad SMARTS) is 1. The number of aliphatic carboxylic acids is 1. The molecular weight excluding hydrogens is 438 g/mol. The van der Waals surface area contributed by atoms with E-state index < -0.39 is 55.3 Å². The SMILES string of the molecule is CCN(CC(=O)O)N=O.O=CCCC(CC(F)(C(F)(F)F)C(F)(F)F)C(F)(F)F. The molecule has 0 radical (unpaired) electrons.